The van der Waals surface area contributed by atoms with Crippen LogP contribution in [0.25, 0.3) is 11.5 Å². The maximum Gasteiger partial charge on any atom is 0.247 e. The molecule has 0 aliphatic carbocycles. The minimum atomic E-state index is 0.541. The van der Waals surface area contributed by atoms with Gasteiger partial charge in [-0.05, 0) is 26.0 Å². The molecule has 21 heavy (non-hydrogen) atoms. The van der Waals surface area contributed by atoms with E-state index in [2.05, 4.69) is 31.9 Å². The van der Waals surface area contributed by atoms with E-state index < -0.39 is 0 Å². The SMILES string of the molecule is CCn1c(C)nnc1SCc1nnc(-c2ccccc2)o1. The smallest absolute Gasteiger partial charge is 0.247 e. The molecular formula is C14H15N5OS. The summed E-state index contributed by atoms with van der Waals surface area (Å²) in [7, 11) is 0. The molecule has 0 N–H and O–H groups in total. The summed E-state index contributed by atoms with van der Waals surface area (Å²) in [6.45, 7) is 4.86. The standard InChI is InChI=1S/C14H15N5OS/c1-3-19-10(2)15-18-14(19)21-9-12-16-17-13(20-12)11-7-5-4-6-8-11/h4-8H,3,9H2,1-2H3. The number of rotatable bonds is 5. The van der Waals surface area contributed by atoms with Crippen molar-refractivity contribution >= 4 is 11.8 Å². The molecule has 2 heterocycles. The van der Waals surface area contributed by atoms with Gasteiger partial charge < -0.3 is 8.98 Å². The Bertz CT molecular complexity index is 722. The Morgan fingerprint density at radius 3 is 2.67 bits per heavy atom. The van der Waals surface area contributed by atoms with Crippen molar-refractivity contribution in [1.82, 2.24) is 25.0 Å². The van der Waals surface area contributed by atoms with Crippen LogP contribution in [0.5, 0.6) is 0 Å². The van der Waals surface area contributed by atoms with E-state index in [4.69, 9.17) is 4.42 Å². The van der Waals surface area contributed by atoms with Gasteiger partial charge in [-0.1, -0.05) is 30.0 Å². The molecule has 108 valence electrons. The highest BCUT2D eigenvalue weighted by molar-refractivity contribution is 7.98. The van der Waals surface area contributed by atoms with Crippen molar-refractivity contribution < 1.29 is 4.42 Å². The van der Waals surface area contributed by atoms with Gasteiger partial charge in [0, 0.05) is 12.1 Å². The third-order valence-electron chi connectivity index (χ3n) is 3.03. The van der Waals surface area contributed by atoms with Crippen LogP contribution in [0.3, 0.4) is 0 Å². The number of thioether (sulfide) groups is 1. The molecule has 6 nitrogen and oxygen atoms in total. The van der Waals surface area contributed by atoms with E-state index in [1.165, 1.54) is 0 Å². The molecule has 0 aliphatic rings. The van der Waals surface area contributed by atoms with E-state index in [9.17, 15) is 0 Å². The van der Waals surface area contributed by atoms with Crippen molar-refractivity contribution in [3.63, 3.8) is 0 Å². The van der Waals surface area contributed by atoms with Crippen LogP contribution >= 0.6 is 11.8 Å². The monoisotopic (exact) mass is 301 g/mol. The summed E-state index contributed by atoms with van der Waals surface area (Å²) in [6.07, 6.45) is 0. The van der Waals surface area contributed by atoms with E-state index in [0.29, 0.717) is 17.5 Å². The largest absolute Gasteiger partial charge is 0.420 e. The van der Waals surface area contributed by atoms with Gasteiger partial charge in [-0.25, -0.2) is 0 Å². The molecule has 0 amide bonds. The topological polar surface area (TPSA) is 69.6 Å². The Morgan fingerprint density at radius 1 is 1.10 bits per heavy atom. The highest BCUT2D eigenvalue weighted by Crippen LogP contribution is 2.23. The van der Waals surface area contributed by atoms with Gasteiger partial charge in [0.2, 0.25) is 11.8 Å². The highest BCUT2D eigenvalue weighted by Gasteiger charge is 2.12. The molecule has 0 spiro atoms. The zero-order valence-corrected chi connectivity index (χ0v) is 12.7. The lowest BCUT2D eigenvalue weighted by Crippen LogP contribution is -1.99. The predicted molar refractivity (Wildman–Crippen MR) is 79.7 cm³/mol. The second kappa shape index (κ2) is 6.09. The maximum atomic E-state index is 5.67. The molecule has 0 atom stereocenters. The van der Waals surface area contributed by atoms with Gasteiger partial charge in [0.25, 0.3) is 0 Å². The number of hydrogen-bond acceptors (Lipinski definition) is 6. The first-order valence-electron chi connectivity index (χ1n) is 6.68. The number of nitrogens with zero attached hydrogens (tertiary/aromatic N) is 5. The van der Waals surface area contributed by atoms with Gasteiger partial charge in [-0.2, -0.15) is 0 Å². The first-order valence-corrected chi connectivity index (χ1v) is 7.67. The minimum Gasteiger partial charge on any atom is -0.420 e. The Balaban J connectivity index is 1.70. The highest BCUT2D eigenvalue weighted by atomic mass is 32.2. The van der Waals surface area contributed by atoms with Crippen LogP contribution in [0.2, 0.25) is 0 Å². The van der Waals surface area contributed by atoms with E-state index in [1.807, 2.05) is 37.3 Å². The quantitative estimate of drug-likeness (QED) is 0.675. The lowest BCUT2D eigenvalue weighted by Gasteiger charge is -2.02. The fourth-order valence-corrected chi connectivity index (χ4v) is 2.85. The second-order valence-electron chi connectivity index (χ2n) is 4.43. The molecule has 7 heteroatoms. The van der Waals surface area contributed by atoms with Crippen molar-refractivity contribution in [2.75, 3.05) is 0 Å². The van der Waals surface area contributed by atoms with Crippen molar-refractivity contribution in [3.05, 3.63) is 42.0 Å². The minimum absolute atomic E-state index is 0.541. The molecular weight excluding hydrogens is 286 g/mol. The number of aryl methyl sites for hydroxylation is 1. The fourth-order valence-electron chi connectivity index (χ4n) is 1.97. The number of benzene rings is 1. The fraction of sp³-hybridized carbons (Fsp3) is 0.286. The molecule has 1 aromatic carbocycles. The molecule has 3 aromatic rings. The van der Waals surface area contributed by atoms with E-state index >= 15 is 0 Å². The Labute approximate surface area is 126 Å². The number of aromatic nitrogens is 5. The van der Waals surface area contributed by atoms with Gasteiger partial charge in [0.15, 0.2) is 5.16 Å². The summed E-state index contributed by atoms with van der Waals surface area (Å²) in [6, 6.07) is 9.74. The summed E-state index contributed by atoms with van der Waals surface area (Å²) >= 11 is 1.55. The van der Waals surface area contributed by atoms with Crippen LogP contribution in [0.1, 0.15) is 18.6 Å². The summed E-state index contributed by atoms with van der Waals surface area (Å²) in [5, 5.41) is 17.2. The summed E-state index contributed by atoms with van der Waals surface area (Å²) < 4.78 is 7.73. The van der Waals surface area contributed by atoms with Crippen molar-refractivity contribution in [1.29, 1.82) is 0 Å². The summed E-state index contributed by atoms with van der Waals surface area (Å²) in [5.41, 5.74) is 0.925. The normalized spacial score (nSPS) is 11.0. The third-order valence-corrected chi connectivity index (χ3v) is 3.98. The van der Waals surface area contributed by atoms with Crippen LogP contribution in [0, 0.1) is 6.92 Å². The van der Waals surface area contributed by atoms with Gasteiger partial charge in [-0.3, -0.25) is 0 Å². The predicted octanol–water partition coefficient (Wildman–Crippen LogP) is 2.95. The van der Waals surface area contributed by atoms with Crippen molar-refractivity contribution in [2.45, 2.75) is 31.3 Å². The zero-order chi connectivity index (χ0) is 14.7. The lowest BCUT2D eigenvalue weighted by atomic mass is 10.2. The zero-order valence-electron chi connectivity index (χ0n) is 11.9. The first kappa shape index (κ1) is 13.8. The average molecular weight is 301 g/mol. The van der Waals surface area contributed by atoms with Crippen LogP contribution in [0.15, 0.2) is 39.9 Å². The molecule has 0 fully saturated rings. The second-order valence-corrected chi connectivity index (χ2v) is 5.37. The van der Waals surface area contributed by atoms with Gasteiger partial charge in [0.1, 0.15) is 5.82 Å². The molecule has 3 rings (SSSR count). The molecule has 2 aromatic heterocycles. The Morgan fingerprint density at radius 2 is 1.90 bits per heavy atom. The average Bonchev–Trinajstić information content (AvgIpc) is 3.12. The van der Waals surface area contributed by atoms with E-state index in [0.717, 1.165) is 23.1 Å². The van der Waals surface area contributed by atoms with Crippen LogP contribution in [0.4, 0.5) is 0 Å². The lowest BCUT2D eigenvalue weighted by molar-refractivity contribution is 0.528. The van der Waals surface area contributed by atoms with Gasteiger partial charge in [-0.15, -0.1) is 20.4 Å². The molecule has 0 aliphatic heterocycles. The van der Waals surface area contributed by atoms with Crippen LogP contribution < -0.4 is 0 Å². The number of hydrogen-bond donors (Lipinski definition) is 0. The Hall–Kier alpha value is -2.15. The summed E-state index contributed by atoms with van der Waals surface area (Å²) in [4.78, 5) is 0. The van der Waals surface area contributed by atoms with Gasteiger partial charge >= 0.3 is 0 Å². The van der Waals surface area contributed by atoms with E-state index in [-0.39, 0.29) is 0 Å². The Kier molecular flexibility index (Phi) is 4.01. The molecule has 0 bridgehead atoms. The van der Waals surface area contributed by atoms with Crippen LogP contribution in [-0.2, 0) is 12.3 Å². The van der Waals surface area contributed by atoms with Crippen molar-refractivity contribution in [3.8, 4) is 11.5 Å². The maximum absolute atomic E-state index is 5.67. The third kappa shape index (κ3) is 2.97. The summed E-state index contributed by atoms with van der Waals surface area (Å²) in [5.74, 6) is 2.62. The van der Waals surface area contributed by atoms with Gasteiger partial charge in [0.05, 0.1) is 5.75 Å². The van der Waals surface area contributed by atoms with Crippen LogP contribution in [-0.4, -0.2) is 25.0 Å². The molecule has 0 saturated heterocycles. The molecule has 0 radical (unpaired) electrons. The first-order chi connectivity index (χ1) is 10.3. The molecule has 0 saturated carbocycles. The van der Waals surface area contributed by atoms with Crippen molar-refractivity contribution in [2.24, 2.45) is 0 Å². The van der Waals surface area contributed by atoms with E-state index in [1.54, 1.807) is 11.8 Å². The molecule has 0 unspecified atom stereocenters.